The number of rotatable bonds is 0. The zero-order valence-corrected chi connectivity index (χ0v) is 14.6. The summed E-state index contributed by atoms with van der Waals surface area (Å²) in [5.74, 6) is 0. The summed E-state index contributed by atoms with van der Waals surface area (Å²) in [6.45, 7) is 12.0. The van der Waals surface area contributed by atoms with E-state index in [-0.39, 0.29) is 5.41 Å². The molecule has 6 heteroatoms. The Bertz CT molecular complexity index is 420. The molecule has 1 saturated heterocycles. The monoisotopic (exact) mass is 312 g/mol. The number of hydrazine groups is 1. The lowest BCUT2D eigenvalue weighted by Gasteiger charge is -2.36. The third kappa shape index (κ3) is 3.84. The largest absolute Gasteiger partial charge is 0.442 e. The van der Waals surface area contributed by atoms with Gasteiger partial charge in [-0.3, -0.25) is 0 Å². The Morgan fingerprint density at radius 2 is 1.18 bits per heavy atom. The molecule has 2 rings (SSSR count). The van der Waals surface area contributed by atoms with E-state index >= 15 is 0 Å². The average molecular weight is 312 g/mol. The van der Waals surface area contributed by atoms with E-state index in [1.54, 1.807) is 0 Å². The van der Waals surface area contributed by atoms with Crippen LogP contribution in [-0.4, -0.2) is 46.5 Å². The lowest BCUT2D eigenvalue weighted by Crippen LogP contribution is -2.48. The van der Waals surface area contributed by atoms with Crippen LogP contribution < -0.4 is 0 Å². The average Bonchev–Trinajstić information content (AvgIpc) is 2.64. The zero-order chi connectivity index (χ0) is 16.8. The van der Waals surface area contributed by atoms with Crippen molar-refractivity contribution in [1.82, 2.24) is 10.0 Å². The number of hydrogen-bond acceptors (Lipinski definition) is 4. The van der Waals surface area contributed by atoms with Gasteiger partial charge in [0.1, 0.15) is 11.2 Å². The number of amides is 2. The van der Waals surface area contributed by atoms with E-state index in [0.29, 0.717) is 13.1 Å². The minimum atomic E-state index is -0.591. The van der Waals surface area contributed by atoms with Gasteiger partial charge in [-0.05, 0) is 54.4 Å². The standard InChI is InChI=1S/C16H28N2O4/c1-14(2,3)21-12(19)17-10-16(8-7-9-16)11-18(17)13(20)22-15(4,5)6/h7-11H2,1-6H3. The van der Waals surface area contributed by atoms with Gasteiger partial charge < -0.3 is 9.47 Å². The van der Waals surface area contributed by atoms with Crippen molar-refractivity contribution in [3.63, 3.8) is 0 Å². The highest BCUT2D eigenvalue weighted by molar-refractivity contribution is 5.75. The number of hydrogen-bond donors (Lipinski definition) is 0. The molecule has 2 fully saturated rings. The summed E-state index contributed by atoms with van der Waals surface area (Å²) in [6, 6.07) is 0. The van der Waals surface area contributed by atoms with Gasteiger partial charge in [-0.1, -0.05) is 6.42 Å². The van der Waals surface area contributed by atoms with E-state index < -0.39 is 23.4 Å². The second-order valence-corrected chi connectivity index (χ2v) is 8.43. The fourth-order valence-corrected chi connectivity index (χ4v) is 2.80. The van der Waals surface area contributed by atoms with Crippen LogP contribution in [0.15, 0.2) is 0 Å². The van der Waals surface area contributed by atoms with Gasteiger partial charge in [-0.25, -0.2) is 19.6 Å². The Balaban J connectivity index is 2.13. The Morgan fingerprint density at radius 1 is 0.818 bits per heavy atom. The molecular formula is C16H28N2O4. The molecule has 126 valence electrons. The van der Waals surface area contributed by atoms with Crippen LogP contribution in [0.3, 0.4) is 0 Å². The van der Waals surface area contributed by atoms with Crippen LogP contribution >= 0.6 is 0 Å². The molecule has 1 saturated carbocycles. The summed E-state index contributed by atoms with van der Waals surface area (Å²) < 4.78 is 10.9. The van der Waals surface area contributed by atoms with Gasteiger partial charge in [0, 0.05) is 5.41 Å². The molecule has 1 heterocycles. The molecule has 0 aromatic heterocycles. The van der Waals surface area contributed by atoms with Gasteiger partial charge in [-0.2, -0.15) is 0 Å². The van der Waals surface area contributed by atoms with Crippen molar-refractivity contribution in [2.45, 2.75) is 72.0 Å². The normalized spacial score (nSPS) is 20.8. The van der Waals surface area contributed by atoms with E-state index in [0.717, 1.165) is 19.3 Å². The molecule has 2 aliphatic rings. The van der Waals surface area contributed by atoms with Crippen LogP contribution in [0.5, 0.6) is 0 Å². The Hall–Kier alpha value is -1.46. The van der Waals surface area contributed by atoms with Gasteiger partial charge in [0.05, 0.1) is 13.1 Å². The number of carbonyl (C=O) groups excluding carboxylic acids is 2. The second kappa shape index (κ2) is 5.32. The molecule has 1 aliphatic heterocycles. The highest BCUT2D eigenvalue weighted by Gasteiger charge is 2.52. The summed E-state index contributed by atoms with van der Waals surface area (Å²) >= 11 is 0. The van der Waals surface area contributed by atoms with Crippen LogP contribution in [0.25, 0.3) is 0 Å². The fourth-order valence-electron chi connectivity index (χ4n) is 2.80. The van der Waals surface area contributed by atoms with Crippen molar-refractivity contribution in [1.29, 1.82) is 0 Å². The zero-order valence-electron chi connectivity index (χ0n) is 14.6. The molecule has 1 aliphatic carbocycles. The van der Waals surface area contributed by atoms with Crippen LogP contribution in [0, 0.1) is 5.41 Å². The van der Waals surface area contributed by atoms with E-state index in [4.69, 9.17) is 9.47 Å². The first-order valence-electron chi connectivity index (χ1n) is 7.92. The molecule has 0 radical (unpaired) electrons. The minimum absolute atomic E-state index is 0.0216. The maximum atomic E-state index is 12.4. The second-order valence-electron chi connectivity index (χ2n) is 8.43. The molecule has 6 nitrogen and oxygen atoms in total. The molecule has 2 amide bonds. The highest BCUT2D eigenvalue weighted by Crippen LogP contribution is 2.46. The molecule has 22 heavy (non-hydrogen) atoms. The molecule has 0 atom stereocenters. The summed E-state index contributed by atoms with van der Waals surface area (Å²) in [5.41, 5.74) is -1.16. The first-order valence-corrected chi connectivity index (χ1v) is 7.92. The third-order valence-corrected chi connectivity index (χ3v) is 3.88. The number of carbonyl (C=O) groups is 2. The molecule has 0 aromatic carbocycles. The van der Waals surface area contributed by atoms with Gasteiger partial charge in [-0.15, -0.1) is 0 Å². The smallest absolute Gasteiger partial charge is 0.429 e. The molecule has 0 unspecified atom stereocenters. The quantitative estimate of drug-likeness (QED) is 0.686. The lowest BCUT2D eigenvalue weighted by atomic mass is 9.69. The van der Waals surface area contributed by atoms with E-state index in [9.17, 15) is 9.59 Å². The predicted octanol–water partition coefficient (Wildman–Crippen LogP) is 3.56. The summed E-state index contributed by atoms with van der Waals surface area (Å²) in [5, 5.41) is 2.83. The van der Waals surface area contributed by atoms with Crippen LogP contribution in [0.2, 0.25) is 0 Å². The van der Waals surface area contributed by atoms with Gasteiger partial charge in [0.2, 0.25) is 0 Å². The Kier molecular flexibility index (Phi) is 4.09. The summed E-state index contributed by atoms with van der Waals surface area (Å²) in [4.78, 5) is 24.8. The Labute approximate surface area is 132 Å². The van der Waals surface area contributed by atoms with Crippen molar-refractivity contribution in [2.24, 2.45) is 5.41 Å². The first-order chi connectivity index (χ1) is 9.91. The minimum Gasteiger partial charge on any atom is -0.442 e. The molecule has 0 N–H and O–H groups in total. The maximum Gasteiger partial charge on any atom is 0.429 e. The summed E-state index contributed by atoms with van der Waals surface area (Å²) in [7, 11) is 0. The molecular weight excluding hydrogens is 284 g/mol. The first kappa shape index (κ1) is 16.9. The predicted molar refractivity (Wildman–Crippen MR) is 82.2 cm³/mol. The molecule has 0 bridgehead atoms. The van der Waals surface area contributed by atoms with Crippen molar-refractivity contribution >= 4 is 12.2 Å². The highest BCUT2D eigenvalue weighted by atomic mass is 16.6. The van der Waals surface area contributed by atoms with Gasteiger partial charge in [0.15, 0.2) is 0 Å². The van der Waals surface area contributed by atoms with Gasteiger partial charge >= 0.3 is 12.2 Å². The maximum absolute atomic E-state index is 12.4. The van der Waals surface area contributed by atoms with E-state index in [2.05, 4.69) is 0 Å². The topological polar surface area (TPSA) is 59.1 Å². The number of nitrogens with zero attached hydrogens (tertiary/aromatic N) is 2. The van der Waals surface area contributed by atoms with Crippen LogP contribution in [0.1, 0.15) is 60.8 Å². The lowest BCUT2D eigenvalue weighted by molar-refractivity contribution is -0.0428. The fraction of sp³-hybridized carbons (Fsp3) is 0.875. The molecule has 0 aromatic rings. The van der Waals surface area contributed by atoms with Crippen LogP contribution in [0.4, 0.5) is 9.59 Å². The van der Waals surface area contributed by atoms with E-state index in [1.165, 1.54) is 10.0 Å². The van der Waals surface area contributed by atoms with Crippen molar-refractivity contribution in [3.8, 4) is 0 Å². The Morgan fingerprint density at radius 3 is 1.41 bits per heavy atom. The SMILES string of the molecule is CC(C)(C)OC(=O)N1CC2(CCC2)CN1C(=O)OC(C)(C)C. The number of ether oxygens (including phenoxy) is 2. The van der Waals surface area contributed by atoms with E-state index in [1.807, 2.05) is 41.5 Å². The van der Waals surface area contributed by atoms with Crippen LogP contribution in [-0.2, 0) is 9.47 Å². The third-order valence-electron chi connectivity index (χ3n) is 3.88. The van der Waals surface area contributed by atoms with Crippen molar-refractivity contribution in [2.75, 3.05) is 13.1 Å². The van der Waals surface area contributed by atoms with Gasteiger partial charge in [0.25, 0.3) is 0 Å². The van der Waals surface area contributed by atoms with Crippen molar-refractivity contribution < 1.29 is 19.1 Å². The summed E-state index contributed by atoms with van der Waals surface area (Å²) in [6.07, 6.45) is 2.24. The molecule has 1 spiro atoms. The van der Waals surface area contributed by atoms with Crippen molar-refractivity contribution in [3.05, 3.63) is 0 Å².